The Bertz CT molecular complexity index is 793. The van der Waals surface area contributed by atoms with Gasteiger partial charge in [0.25, 0.3) is 0 Å². The van der Waals surface area contributed by atoms with E-state index in [1.165, 1.54) is 11.0 Å². The highest BCUT2D eigenvalue weighted by molar-refractivity contribution is 5.75. The predicted octanol–water partition coefficient (Wildman–Crippen LogP) is 0.792. The molecule has 0 radical (unpaired) electrons. The van der Waals surface area contributed by atoms with Gasteiger partial charge in [-0.25, -0.2) is 9.36 Å². The van der Waals surface area contributed by atoms with Gasteiger partial charge in [0, 0.05) is 17.8 Å². The number of amides is 1. The van der Waals surface area contributed by atoms with Crippen LogP contribution in [0.15, 0.2) is 36.7 Å². The van der Waals surface area contributed by atoms with Crippen LogP contribution in [0.2, 0.25) is 0 Å². The average molecular weight is 311 g/mol. The summed E-state index contributed by atoms with van der Waals surface area (Å²) in [6.07, 6.45) is 1.41. The topological polar surface area (TPSA) is 90.5 Å². The van der Waals surface area contributed by atoms with Crippen molar-refractivity contribution in [2.24, 2.45) is 0 Å². The van der Waals surface area contributed by atoms with Crippen molar-refractivity contribution in [3.8, 4) is 5.69 Å². The molecule has 8 heteroatoms. The van der Waals surface area contributed by atoms with Crippen molar-refractivity contribution in [3.63, 3.8) is 0 Å². The summed E-state index contributed by atoms with van der Waals surface area (Å²) in [6, 6.07) is 9.91. The molecule has 0 aliphatic rings. The zero-order valence-electron chi connectivity index (χ0n) is 13.0. The zero-order chi connectivity index (χ0) is 16.2. The first kappa shape index (κ1) is 14.9. The first-order valence-corrected chi connectivity index (χ1v) is 7.23. The molecular formula is C15H17N7O. The molecule has 118 valence electrons. The second-order valence-corrected chi connectivity index (χ2v) is 5.18. The number of nitrogens with zero attached hydrogens (tertiary/aromatic N) is 6. The predicted molar refractivity (Wildman–Crippen MR) is 82.7 cm³/mol. The number of carbonyl (C=O) groups is 1. The Morgan fingerprint density at radius 3 is 2.70 bits per heavy atom. The second-order valence-electron chi connectivity index (χ2n) is 5.18. The lowest BCUT2D eigenvalue weighted by molar-refractivity contribution is -0.122. The molecule has 8 nitrogen and oxygen atoms in total. The molecule has 2 heterocycles. The van der Waals surface area contributed by atoms with E-state index in [-0.39, 0.29) is 12.5 Å². The lowest BCUT2D eigenvalue weighted by Gasteiger charge is -2.07. The number of benzene rings is 1. The fourth-order valence-corrected chi connectivity index (χ4v) is 2.39. The number of aryl methyl sites for hydroxylation is 1. The Morgan fingerprint density at radius 2 is 2.00 bits per heavy atom. The van der Waals surface area contributed by atoms with Gasteiger partial charge in [0.1, 0.15) is 12.9 Å². The maximum Gasteiger partial charge on any atom is 0.242 e. The molecule has 3 rings (SSSR count). The standard InChI is InChI=1S/C15H17N7O/c1-11-14(8-16-15(23)9-21-10-17-19-20-21)12(2)22(18-11)13-6-4-3-5-7-13/h3-7,10H,8-9H2,1-2H3,(H,16,23). The molecule has 0 saturated heterocycles. The molecule has 0 atom stereocenters. The molecule has 0 aliphatic carbocycles. The Hall–Kier alpha value is -3.03. The van der Waals surface area contributed by atoms with Gasteiger partial charge in [-0.15, -0.1) is 5.10 Å². The summed E-state index contributed by atoms with van der Waals surface area (Å²) in [5.74, 6) is -0.149. The van der Waals surface area contributed by atoms with Crippen LogP contribution in [-0.4, -0.2) is 35.9 Å². The van der Waals surface area contributed by atoms with Crippen molar-refractivity contribution in [2.45, 2.75) is 26.9 Å². The van der Waals surface area contributed by atoms with E-state index in [1.807, 2.05) is 48.9 Å². The van der Waals surface area contributed by atoms with Crippen LogP contribution in [0.3, 0.4) is 0 Å². The highest BCUT2D eigenvalue weighted by Gasteiger charge is 2.13. The summed E-state index contributed by atoms with van der Waals surface area (Å²) in [5.41, 5.74) is 3.92. The van der Waals surface area contributed by atoms with Crippen LogP contribution < -0.4 is 5.32 Å². The summed E-state index contributed by atoms with van der Waals surface area (Å²) in [6.45, 7) is 4.45. The molecule has 1 aromatic carbocycles. The normalized spacial score (nSPS) is 10.7. The SMILES string of the molecule is Cc1nn(-c2ccccc2)c(C)c1CNC(=O)Cn1cnnn1. The minimum absolute atomic E-state index is 0.0952. The minimum Gasteiger partial charge on any atom is -0.350 e. The number of para-hydroxylation sites is 1. The Labute approximate surface area is 133 Å². The minimum atomic E-state index is -0.149. The molecule has 0 spiro atoms. The van der Waals surface area contributed by atoms with Crippen LogP contribution in [0.25, 0.3) is 5.69 Å². The largest absolute Gasteiger partial charge is 0.350 e. The van der Waals surface area contributed by atoms with Crippen LogP contribution in [0.4, 0.5) is 0 Å². The molecule has 0 unspecified atom stereocenters. The summed E-state index contributed by atoms with van der Waals surface area (Å²) < 4.78 is 3.26. The fraction of sp³-hybridized carbons (Fsp3) is 0.267. The van der Waals surface area contributed by atoms with E-state index in [1.54, 1.807) is 0 Å². The van der Waals surface area contributed by atoms with E-state index in [9.17, 15) is 4.79 Å². The van der Waals surface area contributed by atoms with Gasteiger partial charge in [-0.1, -0.05) is 18.2 Å². The third kappa shape index (κ3) is 3.25. The molecule has 2 aromatic heterocycles. The van der Waals surface area contributed by atoms with E-state index in [0.29, 0.717) is 6.54 Å². The lowest BCUT2D eigenvalue weighted by Crippen LogP contribution is -2.27. The average Bonchev–Trinajstić information content (AvgIpc) is 3.15. The van der Waals surface area contributed by atoms with Gasteiger partial charge in [-0.3, -0.25) is 4.79 Å². The number of hydrogen-bond donors (Lipinski definition) is 1. The molecule has 1 N–H and O–H groups in total. The maximum absolute atomic E-state index is 11.9. The molecule has 0 aliphatic heterocycles. The first-order chi connectivity index (χ1) is 11.1. The van der Waals surface area contributed by atoms with Crippen molar-refractivity contribution in [3.05, 3.63) is 53.6 Å². The van der Waals surface area contributed by atoms with Crippen LogP contribution in [-0.2, 0) is 17.9 Å². The number of hydrogen-bond acceptors (Lipinski definition) is 5. The van der Waals surface area contributed by atoms with E-state index in [0.717, 1.165) is 22.6 Å². The molecule has 1 amide bonds. The van der Waals surface area contributed by atoms with Gasteiger partial charge in [0.05, 0.1) is 11.4 Å². The van der Waals surface area contributed by atoms with Crippen molar-refractivity contribution < 1.29 is 4.79 Å². The van der Waals surface area contributed by atoms with E-state index in [4.69, 9.17) is 0 Å². The number of aromatic nitrogens is 6. The van der Waals surface area contributed by atoms with Gasteiger partial charge < -0.3 is 5.32 Å². The number of rotatable bonds is 5. The van der Waals surface area contributed by atoms with Crippen molar-refractivity contribution in [2.75, 3.05) is 0 Å². The summed E-state index contributed by atoms with van der Waals surface area (Å²) in [4.78, 5) is 11.9. The van der Waals surface area contributed by atoms with E-state index in [2.05, 4.69) is 25.9 Å². The van der Waals surface area contributed by atoms with E-state index >= 15 is 0 Å². The fourth-order valence-electron chi connectivity index (χ4n) is 2.39. The number of tetrazole rings is 1. The van der Waals surface area contributed by atoms with Gasteiger partial charge in [0.2, 0.25) is 5.91 Å². The van der Waals surface area contributed by atoms with Gasteiger partial charge >= 0.3 is 0 Å². The van der Waals surface area contributed by atoms with Gasteiger partial charge in [0.15, 0.2) is 0 Å². The van der Waals surface area contributed by atoms with Crippen LogP contribution >= 0.6 is 0 Å². The molecule has 3 aromatic rings. The van der Waals surface area contributed by atoms with Gasteiger partial charge in [-0.2, -0.15) is 5.10 Å². The lowest BCUT2D eigenvalue weighted by atomic mass is 10.2. The van der Waals surface area contributed by atoms with Crippen molar-refractivity contribution in [1.29, 1.82) is 0 Å². The van der Waals surface area contributed by atoms with Gasteiger partial charge in [-0.05, 0) is 36.4 Å². The molecule has 23 heavy (non-hydrogen) atoms. The number of carbonyl (C=O) groups excluding carboxylic acids is 1. The molecule has 0 fully saturated rings. The Kier molecular flexibility index (Phi) is 4.13. The summed E-state index contributed by atoms with van der Waals surface area (Å²) in [5, 5.41) is 18.1. The van der Waals surface area contributed by atoms with Crippen molar-refractivity contribution in [1.82, 2.24) is 35.3 Å². The zero-order valence-corrected chi connectivity index (χ0v) is 13.0. The maximum atomic E-state index is 11.9. The third-order valence-corrected chi connectivity index (χ3v) is 3.60. The highest BCUT2D eigenvalue weighted by Crippen LogP contribution is 2.17. The van der Waals surface area contributed by atoms with E-state index < -0.39 is 0 Å². The van der Waals surface area contributed by atoms with Crippen LogP contribution in [0.1, 0.15) is 17.0 Å². The van der Waals surface area contributed by atoms with Crippen molar-refractivity contribution >= 4 is 5.91 Å². The first-order valence-electron chi connectivity index (χ1n) is 7.23. The highest BCUT2D eigenvalue weighted by atomic mass is 16.2. The smallest absolute Gasteiger partial charge is 0.242 e. The molecular weight excluding hydrogens is 294 g/mol. The van der Waals surface area contributed by atoms with Crippen LogP contribution in [0.5, 0.6) is 0 Å². The second kappa shape index (κ2) is 6.39. The third-order valence-electron chi connectivity index (χ3n) is 3.60. The number of nitrogens with one attached hydrogen (secondary N) is 1. The molecule has 0 saturated carbocycles. The quantitative estimate of drug-likeness (QED) is 0.752. The monoisotopic (exact) mass is 311 g/mol. The summed E-state index contributed by atoms with van der Waals surface area (Å²) in [7, 11) is 0. The Morgan fingerprint density at radius 1 is 1.22 bits per heavy atom. The molecule has 0 bridgehead atoms. The summed E-state index contributed by atoms with van der Waals surface area (Å²) >= 11 is 0. The van der Waals surface area contributed by atoms with Crippen LogP contribution in [0, 0.1) is 13.8 Å². The Balaban J connectivity index is 1.71.